The summed E-state index contributed by atoms with van der Waals surface area (Å²) in [5.41, 5.74) is 6.27. The monoisotopic (exact) mass is 253 g/mol. The number of rotatable bonds is 5. The topological polar surface area (TPSA) is 99.0 Å². The third-order valence-electron chi connectivity index (χ3n) is 3.23. The predicted molar refractivity (Wildman–Crippen MR) is 68.5 cm³/mol. The largest absolute Gasteiger partial charge is 0.362 e. The molecule has 0 spiro atoms. The molecule has 1 fully saturated rings. The van der Waals surface area contributed by atoms with E-state index in [-0.39, 0.29) is 22.7 Å². The van der Waals surface area contributed by atoms with E-state index in [0.29, 0.717) is 18.1 Å². The molecule has 1 aromatic heterocycles. The normalized spacial score (nSPS) is 22.6. The Labute approximate surface area is 105 Å². The van der Waals surface area contributed by atoms with Crippen LogP contribution in [0.1, 0.15) is 31.9 Å². The van der Waals surface area contributed by atoms with Gasteiger partial charge in [-0.15, -0.1) is 0 Å². The van der Waals surface area contributed by atoms with E-state index in [0.717, 1.165) is 19.3 Å². The van der Waals surface area contributed by atoms with Crippen LogP contribution in [-0.2, 0) is 6.54 Å². The van der Waals surface area contributed by atoms with Crippen molar-refractivity contribution in [1.82, 2.24) is 9.78 Å². The van der Waals surface area contributed by atoms with Crippen LogP contribution in [0, 0.1) is 17.0 Å². The maximum atomic E-state index is 11.1. The van der Waals surface area contributed by atoms with Gasteiger partial charge in [-0.1, -0.05) is 6.92 Å². The van der Waals surface area contributed by atoms with Crippen LogP contribution in [0.25, 0.3) is 0 Å². The molecule has 1 aliphatic carbocycles. The number of aromatic nitrogens is 2. The molecule has 0 aliphatic heterocycles. The summed E-state index contributed by atoms with van der Waals surface area (Å²) in [6.07, 6.45) is 2.60. The highest BCUT2D eigenvalue weighted by Gasteiger charge is 2.31. The molecular weight excluding hydrogens is 234 g/mol. The van der Waals surface area contributed by atoms with Crippen molar-refractivity contribution in [2.75, 3.05) is 5.32 Å². The Kier molecular flexibility index (Phi) is 3.51. The highest BCUT2D eigenvalue weighted by molar-refractivity contribution is 5.60. The predicted octanol–water partition coefficient (Wildman–Crippen LogP) is 1.41. The van der Waals surface area contributed by atoms with Crippen LogP contribution in [0.15, 0.2) is 0 Å². The average Bonchev–Trinajstić information content (AvgIpc) is 2.53. The second-order valence-corrected chi connectivity index (χ2v) is 4.84. The highest BCUT2D eigenvalue weighted by Crippen LogP contribution is 2.32. The Morgan fingerprint density at radius 1 is 1.61 bits per heavy atom. The Bertz CT molecular complexity index is 451. The zero-order chi connectivity index (χ0) is 13.3. The van der Waals surface area contributed by atoms with Gasteiger partial charge in [0.1, 0.15) is 5.69 Å². The Morgan fingerprint density at radius 3 is 2.78 bits per heavy atom. The van der Waals surface area contributed by atoms with Crippen molar-refractivity contribution in [3.8, 4) is 0 Å². The number of anilines is 1. The lowest BCUT2D eigenvalue weighted by molar-refractivity contribution is -0.384. The minimum absolute atomic E-state index is 0.0870. The van der Waals surface area contributed by atoms with Crippen LogP contribution >= 0.6 is 0 Å². The van der Waals surface area contributed by atoms with Crippen LogP contribution in [0.5, 0.6) is 0 Å². The van der Waals surface area contributed by atoms with E-state index in [2.05, 4.69) is 10.4 Å². The van der Waals surface area contributed by atoms with E-state index >= 15 is 0 Å². The summed E-state index contributed by atoms with van der Waals surface area (Å²) in [6.45, 7) is 4.36. The van der Waals surface area contributed by atoms with Crippen molar-refractivity contribution in [3.63, 3.8) is 0 Å². The minimum atomic E-state index is -0.366. The first-order chi connectivity index (χ1) is 8.52. The van der Waals surface area contributed by atoms with Crippen molar-refractivity contribution in [1.29, 1.82) is 0 Å². The second-order valence-electron chi connectivity index (χ2n) is 4.84. The third kappa shape index (κ3) is 2.31. The summed E-state index contributed by atoms with van der Waals surface area (Å²) in [7, 11) is 0. The number of hydrogen-bond donors (Lipinski definition) is 2. The Balaban J connectivity index is 2.25. The summed E-state index contributed by atoms with van der Waals surface area (Å²) in [6, 6.07) is 0.440. The van der Waals surface area contributed by atoms with E-state index in [1.165, 1.54) is 0 Å². The van der Waals surface area contributed by atoms with E-state index in [9.17, 15) is 10.1 Å². The SMILES string of the molecule is CCCn1nc(C)c([N+](=O)[O-])c1NC1CC(N)C1. The first-order valence-electron chi connectivity index (χ1n) is 6.26. The van der Waals surface area contributed by atoms with Gasteiger partial charge >= 0.3 is 5.69 Å². The Morgan fingerprint density at radius 2 is 2.28 bits per heavy atom. The fourth-order valence-corrected chi connectivity index (χ4v) is 2.28. The molecule has 18 heavy (non-hydrogen) atoms. The molecule has 100 valence electrons. The van der Waals surface area contributed by atoms with E-state index in [1.54, 1.807) is 11.6 Å². The molecule has 1 aromatic rings. The molecule has 3 N–H and O–H groups in total. The fourth-order valence-electron chi connectivity index (χ4n) is 2.28. The molecule has 0 amide bonds. The lowest BCUT2D eigenvalue weighted by Crippen LogP contribution is -2.44. The van der Waals surface area contributed by atoms with E-state index in [1.807, 2.05) is 6.92 Å². The smallest absolute Gasteiger partial charge is 0.333 e. The van der Waals surface area contributed by atoms with Crippen molar-refractivity contribution in [2.45, 2.75) is 51.7 Å². The lowest BCUT2D eigenvalue weighted by Gasteiger charge is -2.33. The molecule has 0 saturated heterocycles. The van der Waals surface area contributed by atoms with Gasteiger partial charge in [-0.2, -0.15) is 5.10 Å². The summed E-state index contributed by atoms with van der Waals surface area (Å²) < 4.78 is 1.69. The van der Waals surface area contributed by atoms with E-state index in [4.69, 9.17) is 5.73 Å². The fraction of sp³-hybridized carbons (Fsp3) is 0.727. The first kappa shape index (κ1) is 12.8. The molecular formula is C11H19N5O2. The molecule has 0 atom stereocenters. The number of aryl methyl sites for hydroxylation is 2. The number of nitrogens with one attached hydrogen (secondary N) is 1. The van der Waals surface area contributed by atoms with Gasteiger partial charge in [0, 0.05) is 18.6 Å². The molecule has 0 radical (unpaired) electrons. The molecule has 0 bridgehead atoms. The van der Waals surface area contributed by atoms with E-state index < -0.39 is 0 Å². The van der Waals surface area contributed by atoms with Gasteiger partial charge in [0.2, 0.25) is 5.82 Å². The Hall–Kier alpha value is -1.63. The summed E-state index contributed by atoms with van der Waals surface area (Å²) in [4.78, 5) is 10.7. The van der Waals surface area contributed by atoms with Gasteiger partial charge in [0.05, 0.1) is 4.92 Å². The van der Waals surface area contributed by atoms with Crippen molar-refractivity contribution < 1.29 is 4.92 Å². The lowest BCUT2D eigenvalue weighted by atomic mass is 9.88. The molecule has 7 nitrogen and oxygen atoms in total. The molecule has 1 saturated carbocycles. The van der Waals surface area contributed by atoms with Crippen LogP contribution in [0.3, 0.4) is 0 Å². The summed E-state index contributed by atoms with van der Waals surface area (Å²) in [5, 5.41) is 18.5. The third-order valence-corrected chi connectivity index (χ3v) is 3.23. The number of hydrogen-bond acceptors (Lipinski definition) is 5. The molecule has 2 rings (SSSR count). The standard InChI is InChI=1S/C11H19N5O2/c1-3-4-15-11(13-9-5-8(12)6-9)10(16(17)18)7(2)14-15/h8-9,13H,3-6,12H2,1-2H3. The maximum absolute atomic E-state index is 11.1. The van der Waals surface area contributed by atoms with Gasteiger partial charge in [-0.05, 0) is 26.2 Å². The van der Waals surface area contributed by atoms with Gasteiger partial charge in [-0.25, -0.2) is 4.68 Å². The van der Waals surface area contributed by atoms with Crippen LogP contribution in [-0.4, -0.2) is 26.8 Å². The quantitative estimate of drug-likeness (QED) is 0.610. The van der Waals surface area contributed by atoms with Gasteiger partial charge in [-0.3, -0.25) is 10.1 Å². The van der Waals surface area contributed by atoms with Gasteiger partial charge in [0.25, 0.3) is 0 Å². The summed E-state index contributed by atoms with van der Waals surface area (Å²) >= 11 is 0. The van der Waals surface area contributed by atoms with Gasteiger partial charge in [0.15, 0.2) is 0 Å². The van der Waals surface area contributed by atoms with Crippen LogP contribution in [0.2, 0.25) is 0 Å². The van der Waals surface area contributed by atoms with Crippen molar-refractivity contribution in [2.24, 2.45) is 5.73 Å². The maximum Gasteiger partial charge on any atom is 0.333 e. The zero-order valence-corrected chi connectivity index (χ0v) is 10.7. The molecule has 0 aromatic carbocycles. The van der Waals surface area contributed by atoms with Crippen LogP contribution < -0.4 is 11.1 Å². The average molecular weight is 253 g/mol. The van der Waals surface area contributed by atoms with Crippen molar-refractivity contribution >= 4 is 11.5 Å². The van der Waals surface area contributed by atoms with Crippen molar-refractivity contribution in [3.05, 3.63) is 15.8 Å². The number of nitrogens with zero attached hydrogens (tertiary/aromatic N) is 3. The van der Waals surface area contributed by atoms with Crippen LogP contribution in [0.4, 0.5) is 11.5 Å². The number of nitrogens with two attached hydrogens (primary N) is 1. The number of nitro groups is 1. The molecule has 1 aliphatic rings. The second kappa shape index (κ2) is 4.93. The summed E-state index contributed by atoms with van der Waals surface area (Å²) in [5.74, 6) is 0.524. The minimum Gasteiger partial charge on any atom is -0.362 e. The molecule has 1 heterocycles. The zero-order valence-electron chi connectivity index (χ0n) is 10.7. The highest BCUT2D eigenvalue weighted by atomic mass is 16.6. The molecule has 7 heteroatoms. The van der Waals surface area contributed by atoms with Gasteiger partial charge < -0.3 is 11.1 Å². The molecule has 0 unspecified atom stereocenters. The first-order valence-corrected chi connectivity index (χ1v) is 6.26.